The third kappa shape index (κ3) is 1.69. The third-order valence-electron chi connectivity index (χ3n) is 3.01. The molecule has 2 aliphatic rings. The Bertz CT molecular complexity index is 342. The van der Waals surface area contributed by atoms with Crippen LogP contribution < -0.4 is 5.32 Å². The number of allylic oxidation sites excluding steroid dienone is 2. The first-order valence-corrected chi connectivity index (χ1v) is 5.34. The lowest BCUT2D eigenvalue weighted by atomic mass is 9.82. The van der Waals surface area contributed by atoms with Crippen molar-refractivity contribution < 1.29 is 0 Å². The summed E-state index contributed by atoms with van der Waals surface area (Å²) in [5.41, 5.74) is 4.45. The second kappa shape index (κ2) is 3.09. The first kappa shape index (κ1) is 9.72. The van der Waals surface area contributed by atoms with Gasteiger partial charge in [-0.1, -0.05) is 23.8 Å². The molecular weight excluding hydrogens is 170 g/mol. The molecule has 0 saturated carbocycles. The fourth-order valence-corrected chi connectivity index (χ4v) is 2.48. The van der Waals surface area contributed by atoms with Gasteiger partial charge in [0.2, 0.25) is 0 Å². The van der Waals surface area contributed by atoms with Gasteiger partial charge in [0.05, 0.1) is 0 Å². The lowest BCUT2D eigenvalue weighted by Crippen LogP contribution is -2.49. The van der Waals surface area contributed by atoms with Crippen LogP contribution in [0.1, 0.15) is 34.1 Å². The van der Waals surface area contributed by atoms with Crippen molar-refractivity contribution in [2.75, 3.05) is 0 Å². The molecule has 0 aromatic heterocycles. The van der Waals surface area contributed by atoms with Crippen LogP contribution in [0, 0.1) is 0 Å². The molecule has 0 spiro atoms. The topological polar surface area (TPSA) is 12.0 Å². The summed E-state index contributed by atoms with van der Waals surface area (Å²) in [5.74, 6) is 0. The van der Waals surface area contributed by atoms with Gasteiger partial charge in [-0.05, 0) is 45.3 Å². The SMILES string of the molecule is CC1=CCC2NC(C)(C)C=C(C)C2=C1. The molecule has 0 radical (unpaired) electrons. The predicted molar refractivity (Wildman–Crippen MR) is 61.2 cm³/mol. The second-order valence-corrected chi connectivity index (χ2v) is 5.03. The molecule has 76 valence electrons. The number of hydrogen-bond donors (Lipinski definition) is 1. The van der Waals surface area contributed by atoms with Crippen molar-refractivity contribution >= 4 is 0 Å². The van der Waals surface area contributed by atoms with Gasteiger partial charge in [0, 0.05) is 11.6 Å². The van der Waals surface area contributed by atoms with E-state index < -0.39 is 0 Å². The third-order valence-corrected chi connectivity index (χ3v) is 3.01. The van der Waals surface area contributed by atoms with Crippen LogP contribution in [-0.2, 0) is 0 Å². The van der Waals surface area contributed by atoms with Gasteiger partial charge >= 0.3 is 0 Å². The maximum Gasteiger partial charge on any atom is 0.0365 e. The average molecular weight is 189 g/mol. The van der Waals surface area contributed by atoms with Crippen LogP contribution in [0.15, 0.2) is 34.9 Å². The quantitative estimate of drug-likeness (QED) is 0.617. The largest absolute Gasteiger partial charge is 0.301 e. The van der Waals surface area contributed by atoms with Crippen molar-refractivity contribution in [1.82, 2.24) is 5.32 Å². The van der Waals surface area contributed by atoms with Gasteiger partial charge in [0.15, 0.2) is 0 Å². The first-order chi connectivity index (χ1) is 6.48. The van der Waals surface area contributed by atoms with E-state index in [0.29, 0.717) is 6.04 Å². The molecule has 2 rings (SSSR count). The van der Waals surface area contributed by atoms with E-state index in [0.717, 1.165) is 6.42 Å². The monoisotopic (exact) mass is 189 g/mol. The lowest BCUT2D eigenvalue weighted by molar-refractivity contribution is 0.405. The molecule has 1 unspecified atom stereocenters. The van der Waals surface area contributed by atoms with E-state index in [1.54, 1.807) is 0 Å². The van der Waals surface area contributed by atoms with E-state index in [4.69, 9.17) is 0 Å². The van der Waals surface area contributed by atoms with Crippen LogP contribution in [0.25, 0.3) is 0 Å². The molecule has 1 heteroatoms. The maximum atomic E-state index is 3.66. The Balaban J connectivity index is 2.39. The molecule has 14 heavy (non-hydrogen) atoms. The minimum Gasteiger partial charge on any atom is -0.301 e. The molecule has 1 atom stereocenters. The molecule has 0 aromatic rings. The Morgan fingerprint density at radius 3 is 2.79 bits per heavy atom. The number of nitrogens with one attached hydrogen (secondary N) is 1. The minimum absolute atomic E-state index is 0.144. The summed E-state index contributed by atoms with van der Waals surface area (Å²) < 4.78 is 0. The molecule has 1 heterocycles. The van der Waals surface area contributed by atoms with Gasteiger partial charge in [0.1, 0.15) is 0 Å². The molecule has 1 aliphatic carbocycles. The smallest absolute Gasteiger partial charge is 0.0365 e. The molecule has 0 saturated heterocycles. The van der Waals surface area contributed by atoms with E-state index in [-0.39, 0.29) is 5.54 Å². The highest BCUT2D eigenvalue weighted by Crippen LogP contribution is 2.30. The van der Waals surface area contributed by atoms with Gasteiger partial charge in [-0.2, -0.15) is 0 Å². The summed E-state index contributed by atoms with van der Waals surface area (Å²) in [5, 5.41) is 3.66. The summed E-state index contributed by atoms with van der Waals surface area (Å²) in [6.07, 6.45) is 8.08. The normalized spacial score (nSPS) is 30.0. The van der Waals surface area contributed by atoms with E-state index >= 15 is 0 Å². The Morgan fingerprint density at radius 2 is 2.07 bits per heavy atom. The summed E-state index contributed by atoms with van der Waals surface area (Å²) in [6.45, 7) is 8.87. The first-order valence-electron chi connectivity index (χ1n) is 5.34. The van der Waals surface area contributed by atoms with Crippen LogP contribution in [0.3, 0.4) is 0 Å². The Hall–Kier alpha value is -0.820. The van der Waals surface area contributed by atoms with Gasteiger partial charge in [-0.3, -0.25) is 0 Å². The predicted octanol–water partition coefficient (Wildman–Crippen LogP) is 2.96. The van der Waals surface area contributed by atoms with Gasteiger partial charge in [-0.25, -0.2) is 0 Å². The maximum absolute atomic E-state index is 3.66. The average Bonchev–Trinajstić information content (AvgIpc) is 2.05. The summed E-state index contributed by atoms with van der Waals surface area (Å²) in [6, 6.07) is 0.527. The highest BCUT2D eigenvalue weighted by Gasteiger charge is 2.29. The van der Waals surface area contributed by atoms with Crippen molar-refractivity contribution in [3.05, 3.63) is 34.9 Å². The Labute approximate surface area is 86.6 Å². The van der Waals surface area contributed by atoms with Crippen LogP contribution in [-0.4, -0.2) is 11.6 Å². The molecule has 1 N–H and O–H groups in total. The Morgan fingerprint density at radius 1 is 1.36 bits per heavy atom. The fraction of sp³-hybridized carbons (Fsp3) is 0.538. The molecule has 0 aromatic carbocycles. The van der Waals surface area contributed by atoms with E-state index in [1.807, 2.05) is 0 Å². The van der Waals surface area contributed by atoms with E-state index in [2.05, 4.69) is 51.2 Å². The summed E-state index contributed by atoms with van der Waals surface area (Å²) >= 11 is 0. The number of fused-ring (bicyclic) bond motifs is 1. The van der Waals surface area contributed by atoms with Crippen LogP contribution >= 0.6 is 0 Å². The lowest BCUT2D eigenvalue weighted by Gasteiger charge is -2.38. The fourth-order valence-electron chi connectivity index (χ4n) is 2.48. The van der Waals surface area contributed by atoms with Gasteiger partial charge < -0.3 is 5.32 Å². The van der Waals surface area contributed by atoms with E-state index in [9.17, 15) is 0 Å². The zero-order chi connectivity index (χ0) is 10.3. The van der Waals surface area contributed by atoms with Gasteiger partial charge in [0.25, 0.3) is 0 Å². The molecule has 0 fully saturated rings. The standard InChI is InChI=1S/C13H19N/c1-9-5-6-12-11(7-9)10(2)8-13(3,4)14-12/h5,7-8,12,14H,6H2,1-4H3. The zero-order valence-corrected chi connectivity index (χ0v) is 9.52. The van der Waals surface area contributed by atoms with Crippen molar-refractivity contribution in [1.29, 1.82) is 0 Å². The number of rotatable bonds is 0. The molecular formula is C13H19N. The van der Waals surface area contributed by atoms with Crippen molar-refractivity contribution in [2.45, 2.75) is 45.7 Å². The summed E-state index contributed by atoms with van der Waals surface area (Å²) in [7, 11) is 0. The zero-order valence-electron chi connectivity index (χ0n) is 9.52. The minimum atomic E-state index is 0.144. The van der Waals surface area contributed by atoms with Crippen LogP contribution in [0.4, 0.5) is 0 Å². The van der Waals surface area contributed by atoms with Crippen molar-refractivity contribution in [3.8, 4) is 0 Å². The second-order valence-electron chi connectivity index (χ2n) is 5.03. The van der Waals surface area contributed by atoms with Crippen molar-refractivity contribution in [2.24, 2.45) is 0 Å². The number of hydrogen-bond acceptors (Lipinski definition) is 1. The van der Waals surface area contributed by atoms with Crippen LogP contribution in [0.2, 0.25) is 0 Å². The van der Waals surface area contributed by atoms with E-state index in [1.165, 1.54) is 16.7 Å². The van der Waals surface area contributed by atoms with Crippen LogP contribution in [0.5, 0.6) is 0 Å². The molecule has 1 nitrogen and oxygen atoms in total. The molecule has 1 aliphatic heterocycles. The summed E-state index contributed by atoms with van der Waals surface area (Å²) in [4.78, 5) is 0. The highest BCUT2D eigenvalue weighted by atomic mass is 15.0. The Kier molecular flexibility index (Phi) is 2.15. The molecule has 0 amide bonds. The van der Waals surface area contributed by atoms with Gasteiger partial charge in [-0.15, -0.1) is 0 Å². The molecule has 0 bridgehead atoms. The highest BCUT2D eigenvalue weighted by molar-refractivity contribution is 5.46. The van der Waals surface area contributed by atoms with Crippen molar-refractivity contribution in [3.63, 3.8) is 0 Å².